The molecular formula is C14H20BrNO2S. The first kappa shape index (κ1) is 15.0. The number of hydrogen-bond donors (Lipinski definition) is 1. The second-order valence-electron chi connectivity index (χ2n) is 5.42. The van der Waals surface area contributed by atoms with E-state index >= 15 is 0 Å². The maximum Gasteiger partial charge on any atom is 0.241 e. The van der Waals surface area contributed by atoms with E-state index in [9.17, 15) is 8.42 Å². The largest absolute Gasteiger partial charge is 0.241 e. The van der Waals surface area contributed by atoms with Gasteiger partial charge in [0.05, 0.1) is 4.90 Å². The number of sulfonamides is 1. The zero-order chi connectivity index (χ0) is 13.9. The predicted octanol–water partition coefficient (Wildman–Crippen LogP) is 3.55. The Morgan fingerprint density at radius 3 is 2.74 bits per heavy atom. The fourth-order valence-corrected chi connectivity index (χ4v) is 4.83. The van der Waals surface area contributed by atoms with Crippen molar-refractivity contribution in [1.29, 1.82) is 0 Å². The summed E-state index contributed by atoms with van der Waals surface area (Å²) in [4.78, 5) is 0.318. The number of halogens is 1. The van der Waals surface area contributed by atoms with Gasteiger partial charge in [-0.3, -0.25) is 0 Å². The van der Waals surface area contributed by atoms with Crippen LogP contribution in [0, 0.1) is 11.8 Å². The lowest BCUT2D eigenvalue weighted by Gasteiger charge is -2.26. The fourth-order valence-electron chi connectivity index (χ4n) is 2.71. The molecule has 0 amide bonds. The summed E-state index contributed by atoms with van der Waals surface area (Å²) in [6, 6.07) is 6.92. The first-order valence-corrected chi connectivity index (χ1v) is 9.01. The minimum Gasteiger partial charge on any atom is -0.211 e. The molecular weight excluding hydrogens is 326 g/mol. The summed E-state index contributed by atoms with van der Waals surface area (Å²) in [5.41, 5.74) is 0. The van der Waals surface area contributed by atoms with E-state index in [1.165, 1.54) is 12.8 Å². The molecule has 2 atom stereocenters. The highest BCUT2D eigenvalue weighted by Gasteiger charge is 2.22. The lowest BCUT2D eigenvalue weighted by atomic mass is 9.83. The Morgan fingerprint density at radius 1 is 1.32 bits per heavy atom. The van der Waals surface area contributed by atoms with Crippen LogP contribution in [0.1, 0.15) is 32.6 Å². The van der Waals surface area contributed by atoms with Crippen LogP contribution in [0.3, 0.4) is 0 Å². The van der Waals surface area contributed by atoms with Gasteiger partial charge in [-0.1, -0.05) is 31.9 Å². The van der Waals surface area contributed by atoms with Gasteiger partial charge >= 0.3 is 0 Å². The van der Waals surface area contributed by atoms with Gasteiger partial charge in [-0.25, -0.2) is 13.1 Å². The van der Waals surface area contributed by atoms with Crippen molar-refractivity contribution in [3.63, 3.8) is 0 Å². The van der Waals surface area contributed by atoms with Gasteiger partial charge in [-0.15, -0.1) is 0 Å². The SMILES string of the molecule is CC1CCCC(CNS(=O)(=O)c2ccccc2Br)C1. The normalized spacial score (nSPS) is 24.3. The number of hydrogen-bond acceptors (Lipinski definition) is 2. The quantitative estimate of drug-likeness (QED) is 0.906. The van der Waals surface area contributed by atoms with Gasteiger partial charge < -0.3 is 0 Å². The Labute approximate surface area is 124 Å². The molecule has 0 bridgehead atoms. The molecule has 0 aromatic heterocycles. The molecule has 1 aromatic carbocycles. The molecule has 1 aromatic rings. The summed E-state index contributed by atoms with van der Waals surface area (Å²) in [5, 5.41) is 0. The molecule has 2 unspecified atom stereocenters. The summed E-state index contributed by atoms with van der Waals surface area (Å²) in [6.45, 7) is 2.79. The number of nitrogens with one attached hydrogen (secondary N) is 1. The minimum atomic E-state index is -3.40. The zero-order valence-corrected chi connectivity index (χ0v) is 13.5. The third-order valence-electron chi connectivity index (χ3n) is 3.73. The molecule has 1 saturated carbocycles. The van der Waals surface area contributed by atoms with Crippen molar-refractivity contribution < 1.29 is 8.42 Å². The van der Waals surface area contributed by atoms with Gasteiger partial charge in [-0.2, -0.15) is 0 Å². The number of benzene rings is 1. The third kappa shape index (κ3) is 4.04. The van der Waals surface area contributed by atoms with Gasteiger partial charge in [0.2, 0.25) is 10.0 Å². The Morgan fingerprint density at radius 2 is 2.05 bits per heavy atom. The maximum atomic E-state index is 12.2. The minimum absolute atomic E-state index is 0.318. The summed E-state index contributed by atoms with van der Waals surface area (Å²) in [7, 11) is -3.40. The highest BCUT2D eigenvalue weighted by molar-refractivity contribution is 9.10. The number of rotatable bonds is 4. The topological polar surface area (TPSA) is 46.2 Å². The average molecular weight is 346 g/mol. The summed E-state index contributed by atoms with van der Waals surface area (Å²) >= 11 is 3.29. The van der Waals surface area contributed by atoms with Crippen molar-refractivity contribution in [2.75, 3.05) is 6.54 Å². The van der Waals surface area contributed by atoms with Crippen molar-refractivity contribution in [2.24, 2.45) is 11.8 Å². The van der Waals surface area contributed by atoms with Crippen LogP contribution < -0.4 is 4.72 Å². The van der Waals surface area contributed by atoms with Gasteiger partial charge in [0.1, 0.15) is 0 Å². The first-order valence-electron chi connectivity index (χ1n) is 6.73. The molecule has 3 nitrogen and oxygen atoms in total. The summed E-state index contributed by atoms with van der Waals surface area (Å²) in [5.74, 6) is 1.19. The molecule has 0 spiro atoms. The van der Waals surface area contributed by atoms with Crippen LogP contribution in [-0.4, -0.2) is 15.0 Å². The fraction of sp³-hybridized carbons (Fsp3) is 0.571. The zero-order valence-electron chi connectivity index (χ0n) is 11.1. The van der Waals surface area contributed by atoms with E-state index < -0.39 is 10.0 Å². The predicted molar refractivity (Wildman–Crippen MR) is 80.5 cm³/mol. The van der Waals surface area contributed by atoms with Crippen LogP contribution in [0.25, 0.3) is 0 Å². The molecule has 1 aliphatic carbocycles. The Hall–Kier alpha value is -0.390. The Kier molecular flexibility index (Phi) is 5.03. The second-order valence-corrected chi connectivity index (χ2v) is 8.01. The second kappa shape index (κ2) is 6.37. The van der Waals surface area contributed by atoms with E-state index in [4.69, 9.17) is 0 Å². The third-order valence-corrected chi connectivity index (χ3v) is 6.17. The van der Waals surface area contributed by atoms with E-state index in [2.05, 4.69) is 27.6 Å². The summed E-state index contributed by atoms with van der Waals surface area (Å²) < 4.78 is 27.8. The van der Waals surface area contributed by atoms with Crippen molar-refractivity contribution in [3.05, 3.63) is 28.7 Å². The molecule has 1 fully saturated rings. The molecule has 2 rings (SSSR count). The van der Waals surface area contributed by atoms with Gasteiger partial charge in [0, 0.05) is 11.0 Å². The molecule has 1 aliphatic rings. The molecule has 0 aliphatic heterocycles. The Bertz CT molecular complexity index is 530. The van der Waals surface area contributed by atoms with Crippen LogP contribution in [-0.2, 0) is 10.0 Å². The first-order chi connectivity index (χ1) is 8.99. The van der Waals surface area contributed by atoms with Crippen molar-refractivity contribution in [1.82, 2.24) is 4.72 Å². The summed E-state index contributed by atoms with van der Waals surface area (Å²) in [6.07, 6.45) is 4.73. The van der Waals surface area contributed by atoms with Crippen molar-refractivity contribution in [2.45, 2.75) is 37.5 Å². The van der Waals surface area contributed by atoms with E-state index in [0.29, 0.717) is 27.7 Å². The van der Waals surface area contributed by atoms with Crippen LogP contribution in [0.4, 0.5) is 0 Å². The van der Waals surface area contributed by atoms with E-state index in [-0.39, 0.29) is 0 Å². The molecule has 106 valence electrons. The van der Waals surface area contributed by atoms with Crippen LogP contribution >= 0.6 is 15.9 Å². The molecule has 0 radical (unpaired) electrons. The van der Waals surface area contributed by atoms with Gasteiger partial charge in [0.15, 0.2) is 0 Å². The van der Waals surface area contributed by atoms with Crippen LogP contribution in [0.15, 0.2) is 33.6 Å². The molecule has 0 saturated heterocycles. The highest BCUT2D eigenvalue weighted by atomic mass is 79.9. The van der Waals surface area contributed by atoms with Crippen molar-refractivity contribution >= 4 is 26.0 Å². The monoisotopic (exact) mass is 345 g/mol. The van der Waals surface area contributed by atoms with E-state index in [0.717, 1.165) is 12.8 Å². The molecule has 19 heavy (non-hydrogen) atoms. The van der Waals surface area contributed by atoms with E-state index in [1.54, 1.807) is 18.2 Å². The standard InChI is InChI=1S/C14H20BrNO2S/c1-11-5-4-6-12(9-11)10-16-19(17,18)14-8-3-2-7-13(14)15/h2-3,7-8,11-12,16H,4-6,9-10H2,1H3. The van der Waals surface area contributed by atoms with Crippen molar-refractivity contribution in [3.8, 4) is 0 Å². The lowest BCUT2D eigenvalue weighted by molar-refractivity contribution is 0.283. The van der Waals surface area contributed by atoms with Crippen LogP contribution in [0.2, 0.25) is 0 Å². The average Bonchev–Trinajstić information content (AvgIpc) is 2.37. The van der Waals surface area contributed by atoms with E-state index in [1.807, 2.05) is 6.07 Å². The highest BCUT2D eigenvalue weighted by Crippen LogP contribution is 2.28. The molecule has 5 heteroatoms. The smallest absolute Gasteiger partial charge is 0.211 e. The molecule has 1 N–H and O–H groups in total. The molecule has 0 heterocycles. The van der Waals surface area contributed by atoms with Crippen LogP contribution in [0.5, 0.6) is 0 Å². The lowest BCUT2D eigenvalue weighted by Crippen LogP contribution is -2.31. The maximum absolute atomic E-state index is 12.2. The van der Waals surface area contributed by atoms with Gasteiger partial charge in [0.25, 0.3) is 0 Å². The Balaban J connectivity index is 2.00. The van der Waals surface area contributed by atoms with Gasteiger partial charge in [-0.05, 0) is 52.7 Å².